The summed E-state index contributed by atoms with van der Waals surface area (Å²) in [6.45, 7) is 0. The first-order valence-corrected chi connectivity index (χ1v) is 8.08. The van der Waals surface area contributed by atoms with Crippen LogP contribution in [0.25, 0.3) is 0 Å². The number of phenols is 2. The van der Waals surface area contributed by atoms with E-state index in [1.165, 1.54) is 34.5 Å². The van der Waals surface area contributed by atoms with Crippen molar-refractivity contribution in [3.05, 3.63) is 29.3 Å². The molecule has 2 aromatic carbocycles. The lowest BCUT2D eigenvalue weighted by Gasteiger charge is -2.29. The molecule has 8 nitrogen and oxygen atoms in total. The third-order valence-electron chi connectivity index (χ3n) is 4.40. The van der Waals surface area contributed by atoms with Crippen LogP contribution < -0.4 is 23.7 Å². The number of Topliss-reactive ketones (excluding diaryl/α,β-unsaturated/α-hetero) is 1. The standard InChI is InChI=1S/C19H20O8/c1-23-9-5-6-11(20)10(7-9)13-8-12(21)14-15(22)17(24-2)19(26-4)18(25-3)16(14)27-13/h5-7,13,20,22H,8H2,1-4H3. The number of carbonyl (C=O) groups excluding carboxylic acids is 1. The zero-order chi connectivity index (χ0) is 19.7. The molecular formula is C19H20O8. The van der Waals surface area contributed by atoms with Gasteiger partial charge in [0.2, 0.25) is 17.2 Å². The van der Waals surface area contributed by atoms with E-state index >= 15 is 0 Å². The number of carbonyl (C=O) groups is 1. The van der Waals surface area contributed by atoms with Crippen LogP contribution in [0.4, 0.5) is 0 Å². The minimum atomic E-state index is -0.800. The molecule has 27 heavy (non-hydrogen) atoms. The Morgan fingerprint density at radius 2 is 1.63 bits per heavy atom. The van der Waals surface area contributed by atoms with E-state index in [1.54, 1.807) is 12.1 Å². The van der Waals surface area contributed by atoms with Gasteiger partial charge >= 0.3 is 0 Å². The summed E-state index contributed by atoms with van der Waals surface area (Å²) in [6, 6.07) is 4.64. The number of phenolic OH excluding ortho intramolecular Hbond substituents is 2. The predicted molar refractivity (Wildman–Crippen MR) is 94.7 cm³/mol. The van der Waals surface area contributed by atoms with Crippen molar-refractivity contribution in [2.24, 2.45) is 0 Å². The average molecular weight is 376 g/mol. The maximum atomic E-state index is 12.8. The van der Waals surface area contributed by atoms with Crippen molar-refractivity contribution in [2.45, 2.75) is 12.5 Å². The highest BCUT2D eigenvalue weighted by atomic mass is 16.6. The first-order valence-electron chi connectivity index (χ1n) is 8.08. The van der Waals surface area contributed by atoms with Crippen molar-refractivity contribution < 1.29 is 38.7 Å². The molecule has 0 aromatic heterocycles. The van der Waals surface area contributed by atoms with E-state index in [0.717, 1.165) is 0 Å². The zero-order valence-electron chi connectivity index (χ0n) is 15.4. The molecule has 1 aliphatic rings. The number of ketones is 1. The SMILES string of the molecule is COc1ccc(O)c(C2CC(=O)c3c(O)c(OC)c(OC)c(OC)c3O2)c1. The fourth-order valence-electron chi connectivity index (χ4n) is 3.12. The van der Waals surface area contributed by atoms with Gasteiger partial charge in [-0.05, 0) is 18.2 Å². The molecule has 0 spiro atoms. The van der Waals surface area contributed by atoms with Crippen LogP contribution in [0.2, 0.25) is 0 Å². The summed E-state index contributed by atoms with van der Waals surface area (Å²) >= 11 is 0. The van der Waals surface area contributed by atoms with Crippen molar-refractivity contribution in [1.29, 1.82) is 0 Å². The van der Waals surface area contributed by atoms with Crippen LogP contribution in [0.3, 0.4) is 0 Å². The van der Waals surface area contributed by atoms with Crippen molar-refractivity contribution in [3.63, 3.8) is 0 Å². The number of hydrogen-bond donors (Lipinski definition) is 2. The Labute approximate surface area is 155 Å². The Bertz CT molecular complexity index is 890. The largest absolute Gasteiger partial charge is 0.508 e. The third kappa shape index (κ3) is 2.92. The summed E-state index contributed by atoms with van der Waals surface area (Å²) in [6.07, 6.45) is -0.897. The van der Waals surface area contributed by atoms with E-state index in [1.807, 2.05) is 0 Å². The van der Waals surface area contributed by atoms with E-state index in [2.05, 4.69) is 0 Å². The molecule has 0 saturated carbocycles. The van der Waals surface area contributed by atoms with Crippen molar-refractivity contribution in [2.75, 3.05) is 28.4 Å². The first-order chi connectivity index (χ1) is 13.0. The van der Waals surface area contributed by atoms with Crippen molar-refractivity contribution in [3.8, 4) is 40.2 Å². The zero-order valence-corrected chi connectivity index (χ0v) is 15.4. The number of rotatable bonds is 5. The number of hydrogen-bond acceptors (Lipinski definition) is 8. The number of aromatic hydroxyl groups is 2. The molecule has 1 aliphatic heterocycles. The normalized spacial score (nSPS) is 15.6. The maximum Gasteiger partial charge on any atom is 0.211 e. The van der Waals surface area contributed by atoms with E-state index < -0.39 is 6.10 Å². The molecule has 0 saturated heterocycles. The highest BCUT2D eigenvalue weighted by Gasteiger charge is 2.38. The molecule has 2 aromatic rings. The second-order valence-electron chi connectivity index (χ2n) is 5.81. The van der Waals surface area contributed by atoms with Gasteiger partial charge in [-0.25, -0.2) is 0 Å². The maximum absolute atomic E-state index is 12.8. The Morgan fingerprint density at radius 1 is 0.963 bits per heavy atom. The van der Waals surface area contributed by atoms with Gasteiger partial charge in [0.05, 0.1) is 34.9 Å². The molecule has 1 heterocycles. The number of benzene rings is 2. The molecule has 0 amide bonds. The Balaban J connectivity index is 2.18. The van der Waals surface area contributed by atoms with Crippen LogP contribution in [0, 0.1) is 0 Å². The third-order valence-corrected chi connectivity index (χ3v) is 4.40. The minimum Gasteiger partial charge on any atom is -0.508 e. The Morgan fingerprint density at radius 3 is 2.22 bits per heavy atom. The molecule has 0 fully saturated rings. The monoisotopic (exact) mass is 376 g/mol. The van der Waals surface area contributed by atoms with Gasteiger partial charge in [-0.2, -0.15) is 0 Å². The van der Waals surface area contributed by atoms with Gasteiger partial charge in [0.25, 0.3) is 0 Å². The van der Waals surface area contributed by atoms with Gasteiger partial charge in [0, 0.05) is 5.56 Å². The topological polar surface area (TPSA) is 104 Å². The second-order valence-corrected chi connectivity index (χ2v) is 5.81. The lowest BCUT2D eigenvalue weighted by atomic mass is 9.94. The molecule has 144 valence electrons. The predicted octanol–water partition coefficient (Wildman–Crippen LogP) is 2.84. The van der Waals surface area contributed by atoms with Gasteiger partial charge in [0.15, 0.2) is 17.3 Å². The second kappa shape index (κ2) is 7.14. The van der Waals surface area contributed by atoms with Crippen LogP contribution in [0.1, 0.15) is 28.4 Å². The molecular weight excluding hydrogens is 356 g/mol. The first kappa shape index (κ1) is 18.5. The van der Waals surface area contributed by atoms with Gasteiger partial charge in [-0.1, -0.05) is 0 Å². The fraction of sp³-hybridized carbons (Fsp3) is 0.316. The summed E-state index contributed by atoms with van der Waals surface area (Å²) in [7, 11) is 5.60. The van der Waals surface area contributed by atoms with E-state index in [9.17, 15) is 15.0 Å². The minimum absolute atomic E-state index is 0.0206. The molecule has 1 unspecified atom stereocenters. The van der Waals surface area contributed by atoms with Gasteiger partial charge in [-0.3, -0.25) is 4.79 Å². The van der Waals surface area contributed by atoms with Crippen LogP contribution in [0.5, 0.6) is 40.2 Å². The van der Waals surface area contributed by atoms with E-state index in [0.29, 0.717) is 11.3 Å². The fourth-order valence-corrected chi connectivity index (χ4v) is 3.12. The van der Waals surface area contributed by atoms with Gasteiger partial charge in [-0.15, -0.1) is 0 Å². The number of fused-ring (bicyclic) bond motifs is 1. The van der Waals surface area contributed by atoms with Crippen molar-refractivity contribution >= 4 is 5.78 Å². The molecule has 2 N–H and O–H groups in total. The Hall–Kier alpha value is -3.29. The highest BCUT2D eigenvalue weighted by Crippen LogP contribution is 2.56. The lowest BCUT2D eigenvalue weighted by Crippen LogP contribution is -2.21. The van der Waals surface area contributed by atoms with Gasteiger partial charge < -0.3 is 33.9 Å². The summed E-state index contributed by atoms with van der Waals surface area (Å²) < 4.78 is 26.9. The van der Waals surface area contributed by atoms with Crippen LogP contribution in [-0.2, 0) is 0 Å². The molecule has 0 radical (unpaired) electrons. The molecule has 3 rings (SSSR count). The van der Waals surface area contributed by atoms with E-state index in [-0.39, 0.29) is 52.3 Å². The van der Waals surface area contributed by atoms with Gasteiger partial charge in [0.1, 0.15) is 23.2 Å². The van der Waals surface area contributed by atoms with E-state index in [4.69, 9.17) is 23.7 Å². The van der Waals surface area contributed by atoms with Crippen LogP contribution in [0.15, 0.2) is 18.2 Å². The quantitative estimate of drug-likeness (QED) is 0.821. The van der Waals surface area contributed by atoms with Crippen LogP contribution >= 0.6 is 0 Å². The summed E-state index contributed by atoms with van der Waals surface area (Å²) in [5, 5.41) is 20.7. The molecule has 0 bridgehead atoms. The van der Waals surface area contributed by atoms with Crippen LogP contribution in [-0.4, -0.2) is 44.4 Å². The highest BCUT2D eigenvalue weighted by molar-refractivity contribution is 6.05. The van der Waals surface area contributed by atoms with Crippen molar-refractivity contribution in [1.82, 2.24) is 0 Å². The number of methoxy groups -OCH3 is 4. The lowest BCUT2D eigenvalue weighted by molar-refractivity contribution is 0.0830. The summed E-state index contributed by atoms with van der Waals surface area (Å²) in [5.74, 6) is -0.0952. The Kier molecular flexibility index (Phi) is 4.89. The number of ether oxygens (including phenoxy) is 5. The molecule has 1 atom stereocenters. The summed E-state index contributed by atoms with van der Waals surface area (Å²) in [5.41, 5.74) is 0.327. The molecule has 8 heteroatoms. The average Bonchev–Trinajstić information content (AvgIpc) is 2.67. The summed E-state index contributed by atoms with van der Waals surface area (Å²) in [4.78, 5) is 12.8. The molecule has 0 aliphatic carbocycles. The smallest absolute Gasteiger partial charge is 0.211 e.